The number of benzene rings is 2. The van der Waals surface area contributed by atoms with Crippen LogP contribution in [0.15, 0.2) is 64.9 Å². The number of hydrogen-bond donors (Lipinski definition) is 0. The van der Waals surface area contributed by atoms with E-state index < -0.39 is 5.97 Å². The molecule has 0 bridgehead atoms. The van der Waals surface area contributed by atoms with E-state index in [0.717, 1.165) is 4.90 Å². The van der Waals surface area contributed by atoms with Gasteiger partial charge in [0.2, 0.25) is 5.78 Å². The molecule has 0 saturated heterocycles. The molecule has 0 spiro atoms. The zero-order valence-electron chi connectivity index (χ0n) is 13.9. The van der Waals surface area contributed by atoms with Crippen LogP contribution >= 0.6 is 11.8 Å². The molecule has 0 aliphatic rings. The van der Waals surface area contributed by atoms with Gasteiger partial charge in [0.15, 0.2) is 6.61 Å². The standard InChI is InChI=1S/C19H18O5S/c1-22-14-8-9-18(23-2)16(12-14)17(20)13-24-19(21)10-11-25-15-6-4-3-5-7-15/h3-12H,13H2,1-2H3/b11-10+. The van der Waals surface area contributed by atoms with Gasteiger partial charge in [0, 0.05) is 11.0 Å². The molecule has 0 heterocycles. The first-order valence-electron chi connectivity index (χ1n) is 7.44. The minimum atomic E-state index is -0.585. The number of thioether (sulfide) groups is 1. The topological polar surface area (TPSA) is 61.8 Å². The molecule has 130 valence electrons. The van der Waals surface area contributed by atoms with Gasteiger partial charge in [0.25, 0.3) is 0 Å². The Morgan fingerprint density at radius 1 is 1.04 bits per heavy atom. The van der Waals surface area contributed by atoms with Gasteiger partial charge in [-0.25, -0.2) is 4.79 Å². The first kappa shape index (κ1) is 18.6. The Morgan fingerprint density at radius 3 is 2.48 bits per heavy atom. The third-order valence-corrected chi connectivity index (χ3v) is 4.02. The van der Waals surface area contributed by atoms with E-state index in [1.54, 1.807) is 23.6 Å². The quantitative estimate of drug-likeness (QED) is 0.310. The Hall–Kier alpha value is -2.73. The third-order valence-electron chi connectivity index (χ3n) is 3.20. The summed E-state index contributed by atoms with van der Waals surface area (Å²) >= 11 is 1.39. The summed E-state index contributed by atoms with van der Waals surface area (Å²) < 4.78 is 15.2. The van der Waals surface area contributed by atoms with Gasteiger partial charge in [-0.1, -0.05) is 30.0 Å². The van der Waals surface area contributed by atoms with Crippen LogP contribution < -0.4 is 9.47 Å². The van der Waals surface area contributed by atoms with Crippen molar-refractivity contribution in [2.24, 2.45) is 0 Å². The second kappa shape index (κ2) is 9.54. The maximum Gasteiger partial charge on any atom is 0.331 e. The molecule has 2 rings (SSSR count). The smallest absolute Gasteiger partial charge is 0.331 e. The minimum Gasteiger partial charge on any atom is -0.497 e. The molecule has 0 N–H and O–H groups in total. The van der Waals surface area contributed by atoms with Crippen LogP contribution in [0.1, 0.15) is 10.4 Å². The molecule has 0 aromatic heterocycles. The number of carbonyl (C=O) groups excluding carboxylic acids is 2. The van der Waals surface area contributed by atoms with Crippen molar-refractivity contribution in [3.63, 3.8) is 0 Å². The summed E-state index contributed by atoms with van der Waals surface area (Å²) in [6, 6.07) is 14.5. The van der Waals surface area contributed by atoms with Crippen LogP contribution in [0.25, 0.3) is 0 Å². The first-order chi connectivity index (χ1) is 12.1. The molecule has 0 saturated carbocycles. The van der Waals surface area contributed by atoms with Crippen LogP contribution in [-0.2, 0) is 9.53 Å². The van der Waals surface area contributed by atoms with Gasteiger partial charge in [0.05, 0.1) is 19.8 Å². The van der Waals surface area contributed by atoms with E-state index in [9.17, 15) is 9.59 Å². The normalized spacial score (nSPS) is 10.5. The molecule has 0 amide bonds. The summed E-state index contributed by atoms with van der Waals surface area (Å²) in [4.78, 5) is 25.0. The highest BCUT2D eigenvalue weighted by atomic mass is 32.2. The molecular formula is C19H18O5S. The fourth-order valence-electron chi connectivity index (χ4n) is 1.96. The lowest BCUT2D eigenvalue weighted by Gasteiger charge is -2.09. The van der Waals surface area contributed by atoms with Crippen LogP contribution in [0.3, 0.4) is 0 Å². The number of ketones is 1. The van der Waals surface area contributed by atoms with Gasteiger partial charge in [0.1, 0.15) is 11.5 Å². The van der Waals surface area contributed by atoms with Crippen LogP contribution in [0.2, 0.25) is 0 Å². The third kappa shape index (κ3) is 5.69. The van der Waals surface area contributed by atoms with E-state index >= 15 is 0 Å². The van der Waals surface area contributed by atoms with Crippen molar-refractivity contribution in [3.8, 4) is 11.5 Å². The lowest BCUT2D eigenvalue weighted by atomic mass is 10.1. The van der Waals surface area contributed by atoms with Gasteiger partial charge in [-0.2, -0.15) is 0 Å². The molecule has 2 aromatic rings. The number of rotatable bonds is 8. The van der Waals surface area contributed by atoms with Crippen molar-refractivity contribution in [1.82, 2.24) is 0 Å². The van der Waals surface area contributed by atoms with Crippen molar-refractivity contribution < 1.29 is 23.8 Å². The molecule has 0 radical (unpaired) electrons. The van der Waals surface area contributed by atoms with Crippen molar-refractivity contribution in [1.29, 1.82) is 0 Å². The average molecular weight is 358 g/mol. The van der Waals surface area contributed by atoms with Crippen molar-refractivity contribution >= 4 is 23.5 Å². The van der Waals surface area contributed by atoms with Crippen LogP contribution in [0, 0.1) is 0 Å². The average Bonchev–Trinajstić information content (AvgIpc) is 2.66. The zero-order chi connectivity index (χ0) is 18.1. The summed E-state index contributed by atoms with van der Waals surface area (Å²) in [5, 5.41) is 1.62. The second-order valence-corrected chi connectivity index (χ2v) is 5.81. The van der Waals surface area contributed by atoms with E-state index in [0.29, 0.717) is 17.1 Å². The van der Waals surface area contributed by atoms with Crippen molar-refractivity contribution in [2.45, 2.75) is 4.90 Å². The molecule has 6 heteroatoms. The predicted octanol–water partition coefficient (Wildman–Crippen LogP) is 3.74. The fourth-order valence-corrected chi connectivity index (χ4v) is 2.61. The van der Waals surface area contributed by atoms with Crippen molar-refractivity contribution in [3.05, 3.63) is 65.6 Å². The summed E-state index contributed by atoms with van der Waals surface area (Å²) in [7, 11) is 2.97. The van der Waals surface area contributed by atoms with E-state index in [1.165, 1.54) is 32.1 Å². The van der Waals surface area contributed by atoms with Gasteiger partial charge in [-0.3, -0.25) is 4.79 Å². The lowest BCUT2D eigenvalue weighted by Crippen LogP contribution is -2.13. The molecule has 2 aromatic carbocycles. The second-order valence-electron chi connectivity index (χ2n) is 4.83. The van der Waals surface area contributed by atoms with E-state index in [1.807, 2.05) is 30.3 Å². The van der Waals surface area contributed by atoms with Gasteiger partial charge in [-0.15, -0.1) is 0 Å². The Labute approximate surface area is 150 Å². The predicted molar refractivity (Wildman–Crippen MR) is 96.3 cm³/mol. The fraction of sp³-hybridized carbons (Fsp3) is 0.158. The number of Topliss-reactive ketones (excluding diaryl/α,β-unsaturated/α-hetero) is 1. The van der Waals surface area contributed by atoms with Gasteiger partial charge >= 0.3 is 5.97 Å². The van der Waals surface area contributed by atoms with Crippen LogP contribution in [0.4, 0.5) is 0 Å². The Kier molecular flexibility index (Phi) is 7.10. The van der Waals surface area contributed by atoms with Crippen LogP contribution in [0.5, 0.6) is 11.5 Å². The van der Waals surface area contributed by atoms with Crippen molar-refractivity contribution in [2.75, 3.05) is 20.8 Å². The summed E-state index contributed by atoms with van der Waals surface area (Å²) in [5.74, 6) is -0.0292. The Morgan fingerprint density at radius 2 is 1.80 bits per heavy atom. The summed E-state index contributed by atoms with van der Waals surface area (Å²) in [6.45, 7) is -0.372. The largest absolute Gasteiger partial charge is 0.497 e. The lowest BCUT2D eigenvalue weighted by molar-refractivity contribution is -0.136. The van der Waals surface area contributed by atoms with Gasteiger partial charge < -0.3 is 14.2 Å². The first-order valence-corrected chi connectivity index (χ1v) is 8.32. The van der Waals surface area contributed by atoms with E-state index in [4.69, 9.17) is 14.2 Å². The highest BCUT2D eigenvalue weighted by Crippen LogP contribution is 2.24. The molecule has 0 aliphatic heterocycles. The number of ether oxygens (including phenoxy) is 3. The number of esters is 1. The highest BCUT2D eigenvalue weighted by molar-refractivity contribution is 8.02. The molecule has 0 atom stereocenters. The summed E-state index contributed by atoms with van der Waals surface area (Å²) in [5.41, 5.74) is 0.303. The SMILES string of the molecule is COc1ccc(OC)c(C(=O)COC(=O)/C=C/Sc2ccccc2)c1. The Bertz CT molecular complexity index is 756. The van der Waals surface area contributed by atoms with Gasteiger partial charge in [-0.05, 0) is 35.7 Å². The molecule has 0 unspecified atom stereocenters. The highest BCUT2D eigenvalue weighted by Gasteiger charge is 2.15. The number of hydrogen-bond acceptors (Lipinski definition) is 6. The maximum atomic E-state index is 12.3. The summed E-state index contributed by atoms with van der Waals surface area (Å²) in [6.07, 6.45) is 1.29. The molecular weight excluding hydrogens is 340 g/mol. The zero-order valence-corrected chi connectivity index (χ0v) is 14.7. The molecule has 0 aliphatic carbocycles. The van der Waals surface area contributed by atoms with E-state index in [-0.39, 0.29) is 12.4 Å². The molecule has 0 fully saturated rings. The van der Waals surface area contributed by atoms with E-state index in [2.05, 4.69) is 0 Å². The van der Waals surface area contributed by atoms with Crippen LogP contribution in [-0.4, -0.2) is 32.6 Å². The minimum absolute atomic E-state index is 0.303. The number of methoxy groups -OCH3 is 2. The molecule has 25 heavy (non-hydrogen) atoms. The Balaban J connectivity index is 1.90. The monoisotopic (exact) mass is 358 g/mol. The number of carbonyl (C=O) groups is 2. The molecule has 5 nitrogen and oxygen atoms in total. The maximum absolute atomic E-state index is 12.3.